The number of fused-ring (bicyclic) bond motifs is 3. The second-order valence-electron chi connectivity index (χ2n) is 9.52. The largest absolute Gasteiger partial charge is 0.480 e. The van der Waals surface area contributed by atoms with Gasteiger partial charge in [0.1, 0.15) is 25.8 Å². The Hall–Kier alpha value is -4.31. The van der Waals surface area contributed by atoms with E-state index in [9.17, 15) is 24.3 Å². The number of benzene rings is 3. The lowest BCUT2D eigenvalue weighted by molar-refractivity contribution is -0.149. The van der Waals surface area contributed by atoms with E-state index in [1.807, 2.05) is 73.0 Å². The molecule has 2 amide bonds. The van der Waals surface area contributed by atoms with Gasteiger partial charge in [-0.3, -0.25) is 14.4 Å². The van der Waals surface area contributed by atoms with E-state index in [-0.39, 0.29) is 25.7 Å². The number of hydrogen-bond acceptors (Lipinski definition) is 7. The molecular formula is C31H32N2O7S. The fourth-order valence-electron chi connectivity index (χ4n) is 4.80. The van der Waals surface area contributed by atoms with Crippen molar-refractivity contribution in [3.63, 3.8) is 0 Å². The van der Waals surface area contributed by atoms with Crippen LogP contribution in [0.25, 0.3) is 11.1 Å². The Balaban J connectivity index is 1.45. The minimum Gasteiger partial charge on any atom is -0.480 e. The van der Waals surface area contributed by atoms with E-state index in [1.165, 1.54) is 11.8 Å². The lowest BCUT2D eigenvalue weighted by Crippen LogP contribution is -2.51. The maximum Gasteiger partial charge on any atom is 0.407 e. The summed E-state index contributed by atoms with van der Waals surface area (Å²) in [6, 6.07) is 23.5. The van der Waals surface area contributed by atoms with Crippen LogP contribution >= 0.6 is 11.8 Å². The summed E-state index contributed by atoms with van der Waals surface area (Å²) < 4.78 is 10.9. The highest BCUT2D eigenvalue weighted by molar-refractivity contribution is 7.98. The number of carbonyl (C=O) groups is 4. The van der Waals surface area contributed by atoms with Crippen molar-refractivity contribution in [2.75, 3.05) is 31.7 Å². The van der Waals surface area contributed by atoms with Crippen molar-refractivity contribution in [2.24, 2.45) is 0 Å². The van der Waals surface area contributed by atoms with Crippen molar-refractivity contribution in [1.82, 2.24) is 10.2 Å². The molecule has 3 aromatic carbocycles. The predicted molar refractivity (Wildman–Crippen MR) is 155 cm³/mol. The molecule has 4 rings (SSSR count). The van der Waals surface area contributed by atoms with Crippen molar-refractivity contribution in [3.8, 4) is 11.1 Å². The number of amides is 2. The number of rotatable bonds is 13. The van der Waals surface area contributed by atoms with Gasteiger partial charge in [-0.2, -0.15) is 11.8 Å². The van der Waals surface area contributed by atoms with Crippen molar-refractivity contribution in [3.05, 3.63) is 95.6 Å². The number of hydrogen-bond donors (Lipinski definition) is 2. The minimum absolute atomic E-state index is 0.00313. The maximum atomic E-state index is 13.4. The van der Waals surface area contributed by atoms with E-state index in [2.05, 4.69) is 5.32 Å². The summed E-state index contributed by atoms with van der Waals surface area (Å²) in [7, 11) is 0. The van der Waals surface area contributed by atoms with Crippen LogP contribution in [0.3, 0.4) is 0 Å². The summed E-state index contributed by atoms with van der Waals surface area (Å²) in [5, 5.41) is 11.8. The fraction of sp³-hybridized carbons (Fsp3) is 0.290. The molecule has 0 radical (unpaired) electrons. The molecule has 10 heteroatoms. The van der Waals surface area contributed by atoms with E-state index in [0.717, 1.165) is 32.7 Å². The predicted octanol–water partition coefficient (Wildman–Crippen LogP) is 4.30. The first-order valence-electron chi connectivity index (χ1n) is 13.2. The average molecular weight is 577 g/mol. The van der Waals surface area contributed by atoms with Gasteiger partial charge in [0.05, 0.1) is 6.42 Å². The van der Waals surface area contributed by atoms with Crippen LogP contribution in [0.4, 0.5) is 4.79 Å². The highest BCUT2D eigenvalue weighted by Crippen LogP contribution is 2.44. The SMILES string of the molecule is CSCCN(CC(=O)O)C(=O)[C@H](CC(=O)OCc1ccccc1)NC(=O)OCC1c2ccccc2-c2ccccc21. The first-order chi connectivity index (χ1) is 19.9. The van der Waals surface area contributed by atoms with Gasteiger partial charge in [-0.1, -0.05) is 78.9 Å². The van der Waals surface area contributed by atoms with Crippen LogP contribution in [0.1, 0.15) is 29.0 Å². The summed E-state index contributed by atoms with van der Waals surface area (Å²) in [6.07, 6.45) is 0.461. The van der Waals surface area contributed by atoms with Crippen LogP contribution in [0.2, 0.25) is 0 Å². The van der Waals surface area contributed by atoms with Gasteiger partial charge in [-0.15, -0.1) is 0 Å². The van der Waals surface area contributed by atoms with Gasteiger partial charge >= 0.3 is 18.0 Å². The molecule has 214 valence electrons. The smallest absolute Gasteiger partial charge is 0.407 e. The molecule has 0 spiro atoms. The van der Waals surface area contributed by atoms with Gasteiger partial charge in [-0.25, -0.2) is 4.79 Å². The molecule has 41 heavy (non-hydrogen) atoms. The maximum absolute atomic E-state index is 13.4. The lowest BCUT2D eigenvalue weighted by Gasteiger charge is -2.26. The van der Waals surface area contributed by atoms with E-state index in [4.69, 9.17) is 9.47 Å². The summed E-state index contributed by atoms with van der Waals surface area (Å²) in [5.74, 6) is -2.33. The number of thioether (sulfide) groups is 1. The van der Waals surface area contributed by atoms with Crippen molar-refractivity contribution >= 4 is 35.7 Å². The van der Waals surface area contributed by atoms with E-state index in [0.29, 0.717) is 5.75 Å². The molecule has 0 aliphatic heterocycles. The Morgan fingerprint density at radius 1 is 0.902 bits per heavy atom. The van der Waals surface area contributed by atoms with Crippen molar-refractivity contribution in [2.45, 2.75) is 25.0 Å². The van der Waals surface area contributed by atoms with Crippen LogP contribution in [0.15, 0.2) is 78.9 Å². The lowest BCUT2D eigenvalue weighted by atomic mass is 9.98. The highest BCUT2D eigenvalue weighted by atomic mass is 32.2. The second-order valence-corrected chi connectivity index (χ2v) is 10.5. The molecule has 0 bridgehead atoms. The molecule has 2 N–H and O–H groups in total. The highest BCUT2D eigenvalue weighted by Gasteiger charge is 2.32. The van der Waals surface area contributed by atoms with Gasteiger partial charge in [0.25, 0.3) is 0 Å². The van der Waals surface area contributed by atoms with Gasteiger partial charge in [0.2, 0.25) is 5.91 Å². The van der Waals surface area contributed by atoms with Crippen LogP contribution in [-0.2, 0) is 30.5 Å². The number of aliphatic carboxylic acids is 1. The summed E-state index contributed by atoms with van der Waals surface area (Å²) in [4.78, 5) is 51.6. The number of carbonyl (C=O) groups excluding carboxylic acids is 3. The molecule has 0 saturated heterocycles. The topological polar surface area (TPSA) is 122 Å². The van der Waals surface area contributed by atoms with Crippen LogP contribution < -0.4 is 5.32 Å². The van der Waals surface area contributed by atoms with E-state index < -0.39 is 42.9 Å². The number of nitrogens with zero attached hydrogens (tertiary/aromatic N) is 1. The Morgan fingerprint density at radius 3 is 2.12 bits per heavy atom. The number of alkyl carbamates (subject to hydrolysis) is 1. The molecule has 1 aliphatic carbocycles. The van der Waals surface area contributed by atoms with E-state index in [1.54, 1.807) is 12.1 Å². The molecular weight excluding hydrogens is 544 g/mol. The molecule has 0 saturated carbocycles. The first kappa shape index (κ1) is 29.7. The van der Waals surface area contributed by atoms with Crippen molar-refractivity contribution in [1.29, 1.82) is 0 Å². The summed E-state index contributed by atoms with van der Waals surface area (Å²) in [6.45, 7) is -0.420. The zero-order chi connectivity index (χ0) is 29.2. The van der Waals surface area contributed by atoms with Gasteiger partial charge in [-0.05, 0) is 34.1 Å². The third-order valence-electron chi connectivity index (χ3n) is 6.75. The summed E-state index contributed by atoms with van der Waals surface area (Å²) in [5.41, 5.74) is 4.97. The van der Waals surface area contributed by atoms with Gasteiger partial charge in [0, 0.05) is 18.2 Å². The molecule has 9 nitrogen and oxygen atoms in total. The molecule has 0 heterocycles. The zero-order valence-corrected chi connectivity index (χ0v) is 23.5. The molecule has 0 aromatic heterocycles. The quantitative estimate of drug-likeness (QED) is 0.289. The van der Waals surface area contributed by atoms with Gasteiger partial charge < -0.3 is 24.8 Å². The third kappa shape index (κ3) is 7.88. The Bertz CT molecular complexity index is 1340. The van der Waals surface area contributed by atoms with E-state index >= 15 is 0 Å². The Labute approximate surface area is 242 Å². The zero-order valence-electron chi connectivity index (χ0n) is 22.7. The Kier molecular flexibility index (Phi) is 10.4. The van der Waals surface area contributed by atoms with Crippen LogP contribution in [0, 0.1) is 0 Å². The Morgan fingerprint density at radius 2 is 1.51 bits per heavy atom. The molecule has 1 atom stereocenters. The fourth-order valence-corrected chi connectivity index (χ4v) is 5.20. The normalized spacial score (nSPS) is 12.5. The molecule has 3 aromatic rings. The molecule has 1 aliphatic rings. The van der Waals surface area contributed by atoms with Gasteiger partial charge in [0.15, 0.2) is 0 Å². The third-order valence-corrected chi connectivity index (χ3v) is 7.34. The number of esters is 1. The number of carboxylic acids is 1. The van der Waals surface area contributed by atoms with Crippen LogP contribution in [0.5, 0.6) is 0 Å². The summed E-state index contributed by atoms with van der Waals surface area (Å²) >= 11 is 1.44. The van der Waals surface area contributed by atoms with Crippen LogP contribution in [-0.4, -0.2) is 71.7 Å². The molecule has 0 unspecified atom stereocenters. The van der Waals surface area contributed by atoms with Crippen molar-refractivity contribution < 1.29 is 33.8 Å². The first-order valence-corrected chi connectivity index (χ1v) is 14.6. The second kappa shape index (κ2) is 14.4. The standard InChI is InChI=1S/C31H32N2O7S/c1-41-16-15-33(18-28(34)35)30(37)27(17-29(36)39-19-21-9-3-2-4-10-21)32-31(38)40-20-26-24-13-7-5-11-22(24)23-12-6-8-14-25(23)26/h2-14,26-27H,15-20H2,1H3,(H,32,38)(H,34,35)/t27-/m0/s1. The molecule has 0 fully saturated rings. The number of carboxylic acid groups (broad SMARTS) is 1. The monoisotopic (exact) mass is 576 g/mol. The number of nitrogens with one attached hydrogen (secondary N) is 1. The number of ether oxygens (including phenoxy) is 2. The average Bonchev–Trinajstić information content (AvgIpc) is 3.30. The minimum atomic E-state index is -1.37.